The van der Waals surface area contributed by atoms with Crippen molar-refractivity contribution < 1.29 is 9.21 Å². The fourth-order valence-corrected chi connectivity index (χ4v) is 1.97. The topological polar surface area (TPSA) is 33.5 Å². The molecule has 2 rings (SSSR count). The Morgan fingerprint density at radius 2 is 2.57 bits per heavy atom. The molecule has 0 aliphatic carbocycles. The summed E-state index contributed by atoms with van der Waals surface area (Å²) in [6, 6.07) is 3.89. The van der Waals surface area contributed by atoms with Gasteiger partial charge in [-0.25, -0.2) is 0 Å². The average molecular weight is 193 g/mol. The van der Waals surface area contributed by atoms with Crippen LogP contribution in [-0.2, 0) is 4.79 Å². The van der Waals surface area contributed by atoms with E-state index in [9.17, 15) is 4.79 Å². The minimum absolute atomic E-state index is 0.249. The Morgan fingerprint density at radius 1 is 1.71 bits per heavy atom. The van der Waals surface area contributed by atoms with Gasteiger partial charge >= 0.3 is 0 Å². The molecule has 0 saturated carbocycles. The number of nitrogens with zero attached hydrogens (tertiary/aromatic N) is 1. The van der Waals surface area contributed by atoms with E-state index in [-0.39, 0.29) is 5.91 Å². The molecule has 0 bridgehead atoms. The van der Waals surface area contributed by atoms with Crippen LogP contribution in [0.5, 0.6) is 0 Å². The molecular weight excluding hydrogens is 178 g/mol. The first kappa shape index (κ1) is 9.31. The van der Waals surface area contributed by atoms with Crippen molar-refractivity contribution in [3.63, 3.8) is 0 Å². The molecule has 3 nitrogen and oxygen atoms in total. The number of hydrogen-bond donors (Lipinski definition) is 0. The van der Waals surface area contributed by atoms with E-state index in [4.69, 9.17) is 4.42 Å². The van der Waals surface area contributed by atoms with Gasteiger partial charge in [-0.05, 0) is 18.6 Å². The number of amides is 1. The molecule has 1 fully saturated rings. The highest BCUT2D eigenvalue weighted by atomic mass is 16.3. The van der Waals surface area contributed by atoms with Crippen LogP contribution in [0.25, 0.3) is 0 Å². The largest absolute Gasteiger partial charge is 0.469 e. The summed E-state index contributed by atoms with van der Waals surface area (Å²) < 4.78 is 5.34. The Bertz CT molecular complexity index is 305. The van der Waals surface area contributed by atoms with Gasteiger partial charge < -0.3 is 9.32 Å². The molecule has 76 valence electrons. The van der Waals surface area contributed by atoms with E-state index >= 15 is 0 Å². The zero-order valence-corrected chi connectivity index (χ0v) is 8.40. The van der Waals surface area contributed by atoms with E-state index in [1.165, 1.54) is 0 Å². The summed E-state index contributed by atoms with van der Waals surface area (Å²) in [5, 5.41) is 0. The second-order valence-corrected chi connectivity index (χ2v) is 3.69. The molecule has 1 aromatic rings. The zero-order valence-electron chi connectivity index (χ0n) is 8.40. The second kappa shape index (κ2) is 3.86. The van der Waals surface area contributed by atoms with Crippen molar-refractivity contribution in [2.75, 3.05) is 13.1 Å². The monoisotopic (exact) mass is 193 g/mol. The van der Waals surface area contributed by atoms with Crippen LogP contribution < -0.4 is 0 Å². The molecule has 1 atom stereocenters. The number of carbonyl (C=O) groups is 1. The zero-order chi connectivity index (χ0) is 9.97. The van der Waals surface area contributed by atoms with Crippen LogP contribution in [0.1, 0.15) is 31.4 Å². The molecule has 1 unspecified atom stereocenters. The Hall–Kier alpha value is -1.25. The van der Waals surface area contributed by atoms with Crippen molar-refractivity contribution in [3.8, 4) is 0 Å². The van der Waals surface area contributed by atoms with Gasteiger partial charge in [0.1, 0.15) is 5.76 Å². The van der Waals surface area contributed by atoms with Crippen LogP contribution in [0.2, 0.25) is 0 Å². The Balaban J connectivity index is 1.98. The van der Waals surface area contributed by atoms with Crippen molar-refractivity contribution in [1.82, 2.24) is 4.90 Å². The van der Waals surface area contributed by atoms with Crippen LogP contribution >= 0.6 is 0 Å². The highest BCUT2D eigenvalue weighted by Gasteiger charge is 2.27. The maximum Gasteiger partial charge on any atom is 0.222 e. The van der Waals surface area contributed by atoms with Crippen molar-refractivity contribution in [1.29, 1.82) is 0 Å². The average Bonchev–Trinajstić information content (AvgIpc) is 2.86. The summed E-state index contributed by atoms with van der Waals surface area (Å²) in [7, 11) is 0. The van der Waals surface area contributed by atoms with Crippen LogP contribution in [0.15, 0.2) is 22.8 Å². The van der Waals surface area contributed by atoms with Gasteiger partial charge in [0.25, 0.3) is 0 Å². The van der Waals surface area contributed by atoms with Crippen LogP contribution in [0.4, 0.5) is 0 Å². The number of rotatable bonds is 2. The van der Waals surface area contributed by atoms with Crippen molar-refractivity contribution >= 4 is 5.91 Å². The van der Waals surface area contributed by atoms with E-state index in [1.807, 2.05) is 24.0 Å². The number of hydrogen-bond acceptors (Lipinski definition) is 2. The lowest BCUT2D eigenvalue weighted by atomic mass is 10.1. The van der Waals surface area contributed by atoms with Crippen LogP contribution in [-0.4, -0.2) is 23.9 Å². The van der Waals surface area contributed by atoms with Gasteiger partial charge in [0.05, 0.1) is 6.26 Å². The summed E-state index contributed by atoms with van der Waals surface area (Å²) in [6.45, 7) is 3.60. The minimum Gasteiger partial charge on any atom is -0.469 e. The Morgan fingerprint density at radius 3 is 3.21 bits per heavy atom. The standard InChI is InChI=1S/C11H15NO2/c1-2-11(13)12-6-5-9(8-12)10-4-3-7-14-10/h3-4,7,9H,2,5-6,8H2,1H3. The van der Waals surface area contributed by atoms with Gasteiger partial charge in [-0.3, -0.25) is 4.79 Å². The third-order valence-corrected chi connectivity index (χ3v) is 2.79. The second-order valence-electron chi connectivity index (χ2n) is 3.69. The molecule has 1 saturated heterocycles. The highest BCUT2D eigenvalue weighted by Crippen LogP contribution is 2.27. The van der Waals surface area contributed by atoms with Crippen LogP contribution in [0, 0.1) is 0 Å². The molecule has 1 aromatic heterocycles. The summed E-state index contributed by atoms with van der Waals surface area (Å²) >= 11 is 0. The van der Waals surface area contributed by atoms with Gasteiger partial charge in [-0.2, -0.15) is 0 Å². The molecule has 0 N–H and O–H groups in total. The molecule has 1 aliphatic heterocycles. The van der Waals surface area contributed by atoms with Crippen molar-refractivity contribution in [3.05, 3.63) is 24.2 Å². The number of furan rings is 1. The molecule has 1 amide bonds. The van der Waals surface area contributed by atoms with Crippen molar-refractivity contribution in [2.45, 2.75) is 25.7 Å². The summed E-state index contributed by atoms with van der Waals surface area (Å²) in [5.41, 5.74) is 0. The lowest BCUT2D eigenvalue weighted by Gasteiger charge is -2.14. The summed E-state index contributed by atoms with van der Waals surface area (Å²) in [4.78, 5) is 13.3. The molecule has 1 aliphatic rings. The molecular formula is C11H15NO2. The van der Waals surface area contributed by atoms with Gasteiger partial charge in [0.15, 0.2) is 0 Å². The van der Waals surface area contributed by atoms with Crippen LogP contribution in [0.3, 0.4) is 0 Å². The van der Waals surface area contributed by atoms with E-state index < -0.39 is 0 Å². The normalized spacial score (nSPS) is 21.5. The summed E-state index contributed by atoms with van der Waals surface area (Å²) in [6.07, 6.45) is 3.32. The first-order valence-electron chi connectivity index (χ1n) is 5.12. The van der Waals surface area contributed by atoms with E-state index in [1.54, 1.807) is 6.26 Å². The third kappa shape index (κ3) is 1.67. The number of likely N-dealkylation sites (tertiary alicyclic amines) is 1. The van der Waals surface area contributed by atoms with Crippen molar-refractivity contribution in [2.24, 2.45) is 0 Å². The maximum absolute atomic E-state index is 11.4. The van der Waals surface area contributed by atoms with Gasteiger partial charge in [0, 0.05) is 25.4 Å². The van der Waals surface area contributed by atoms with E-state index in [0.29, 0.717) is 12.3 Å². The predicted octanol–water partition coefficient (Wildman–Crippen LogP) is 2.01. The molecule has 3 heteroatoms. The Labute approximate surface area is 83.7 Å². The quantitative estimate of drug-likeness (QED) is 0.719. The molecule has 0 radical (unpaired) electrons. The molecule has 2 heterocycles. The predicted molar refractivity (Wildman–Crippen MR) is 52.9 cm³/mol. The van der Waals surface area contributed by atoms with Gasteiger partial charge in [-0.15, -0.1) is 0 Å². The highest BCUT2D eigenvalue weighted by molar-refractivity contribution is 5.76. The smallest absolute Gasteiger partial charge is 0.222 e. The fourth-order valence-electron chi connectivity index (χ4n) is 1.97. The van der Waals surface area contributed by atoms with E-state index in [2.05, 4.69) is 0 Å². The first-order valence-corrected chi connectivity index (χ1v) is 5.12. The van der Waals surface area contributed by atoms with E-state index in [0.717, 1.165) is 25.3 Å². The van der Waals surface area contributed by atoms with Gasteiger partial charge in [-0.1, -0.05) is 6.92 Å². The third-order valence-electron chi connectivity index (χ3n) is 2.79. The Kier molecular flexibility index (Phi) is 2.57. The first-order chi connectivity index (χ1) is 6.81. The van der Waals surface area contributed by atoms with Gasteiger partial charge in [0.2, 0.25) is 5.91 Å². The minimum atomic E-state index is 0.249. The lowest BCUT2D eigenvalue weighted by molar-refractivity contribution is -0.129. The molecule has 0 aromatic carbocycles. The summed E-state index contributed by atoms with van der Waals surface area (Å²) in [5.74, 6) is 1.66. The SMILES string of the molecule is CCC(=O)N1CCC(c2ccco2)C1. The molecule has 14 heavy (non-hydrogen) atoms. The number of carbonyl (C=O) groups excluding carboxylic acids is 1. The maximum atomic E-state index is 11.4. The lowest BCUT2D eigenvalue weighted by Crippen LogP contribution is -2.27. The molecule has 0 spiro atoms. The fraction of sp³-hybridized carbons (Fsp3) is 0.545.